The van der Waals surface area contributed by atoms with Crippen molar-refractivity contribution in [3.05, 3.63) is 23.0 Å². The van der Waals surface area contributed by atoms with Crippen LogP contribution in [0.2, 0.25) is 5.02 Å². The summed E-state index contributed by atoms with van der Waals surface area (Å²) in [5.41, 5.74) is -0.439. The zero-order valence-corrected chi connectivity index (χ0v) is 8.59. The van der Waals surface area contributed by atoms with E-state index in [0.717, 1.165) is 19.4 Å². The lowest BCUT2D eigenvalue weighted by atomic mass is 10.3. The molecule has 0 aliphatic carbocycles. The lowest BCUT2D eigenvalue weighted by molar-refractivity contribution is -0.274. The molecule has 0 radical (unpaired) electrons. The van der Waals surface area contributed by atoms with Gasteiger partial charge in [-0.05, 0) is 0 Å². The lowest BCUT2D eigenvalue weighted by Crippen LogP contribution is -2.18. The Balaban J connectivity index is 3.09. The van der Waals surface area contributed by atoms with Gasteiger partial charge in [0.25, 0.3) is 0 Å². The van der Waals surface area contributed by atoms with Gasteiger partial charge in [-0.1, -0.05) is 11.6 Å². The summed E-state index contributed by atoms with van der Waals surface area (Å²) >= 11 is 5.50. The Hall–Kier alpha value is -1.50. The highest BCUT2D eigenvalue weighted by Crippen LogP contribution is 2.31. The first kappa shape index (κ1) is 12.6. The highest BCUT2D eigenvalue weighted by Gasteiger charge is 2.33. The minimum Gasteiger partial charge on any atom is -0.464 e. The zero-order valence-electron chi connectivity index (χ0n) is 7.84. The number of ether oxygens (including phenoxy) is 2. The molecule has 0 bridgehead atoms. The van der Waals surface area contributed by atoms with E-state index in [1.165, 1.54) is 0 Å². The molecule has 1 rings (SSSR count). The molecule has 0 amide bonds. The van der Waals surface area contributed by atoms with Gasteiger partial charge in [0, 0.05) is 12.3 Å². The maximum Gasteiger partial charge on any atom is 0.573 e. The van der Waals surface area contributed by atoms with Crippen molar-refractivity contribution in [3.63, 3.8) is 0 Å². The predicted molar refractivity (Wildman–Crippen MR) is 47.3 cm³/mol. The van der Waals surface area contributed by atoms with Gasteiger partial charge in [-0.2, -0.15) is 0 Å². The van der Waals surface area contributed by atoms with E-state index in [2.05, 4.69) is 14.5 Å². The molecule has 8 heteroatoms. The number of carbonyl (C=O) groups is 1. The summed E-state index contributed by atoms with van der Waals surface area (Å²) in [7, 11) is 1.05. The summed E-state index contributed by atoms with van der Waals surface area (Å²) in [6, 6.07) is 0.891. The normalized spacial score (nSPS) is 11.1. The van der Waals surface area contributed by atoms with Crippen LogP contribution in [-0.4, -0.2) is 24.4 Å². The lowest BCUT2D eigenvalue weighted by Gasteiger charge is -2.11. The van der Waals surface area contributed by atoms with Crippen LogP contribution < -0.4 is 4.74 Å². The SMILES string of the molecule is COC(=O)c1nccc(OC(F)(F)F)c1Cl. The predicted octanol–water partition coefficient (Wildman–Crippen LogP) is 2.42. The number of hydrogen-bond acceptors (Lipinski definition) is 4. The quantitative estimate of drug-likeness (QED) is 0.762. The number of aromatic nitrogens is 1. The Bertz CT molecular complexity index is 408. The van der Waals surface area contributed by atoms with Crippen LogP contribution in [0.1, 0.15) is 10.5 Å². The molecule has 0 N–H and O–H groups in total. The van der Waals surface area contributed by atoms with Crippen molar-refractivity contribution < 1.29 is 27.4 Å². The molecule has 0 aliphatic heterocycles. The first-order valence-corrected chi connectivity index (χ1v) is 4.21. The monoisotopic (exact) mass is 255 g/mol. The van der Waals surface area contributed by atoms with Crippen molar-refractivity contribution in [3.8, 4) is 5.75 Å². The van der Waals surface area contributed by atoms with Crippen LogP contribution >= 0.6 is 11.6 Å². The molecule has 0 aliphatic rings. The molecule has 0 aromatic carbocycles. The van der Waals surface area contributed by atoms with Crippen molar-refractivity contribution in [1.29, 1.82) is 0 Å². The molecular formula is C8H5ClF3NO3. The molecule has 4 nitrogen and oxygen atoms in total. The number of carbonyl (C=O) groups excluding carboxylic acids is 1. The van der Waals surface area contributed by atoms with Crippen molar-refractivity contribution in [2.24, 2.45) is 0 Å². The van der Waals surface area contributed by atoms with Gasteiger partial charge in [0.15, 0.2) is 11.4 Å². The zero-order chi connectivity index (χ0) is 12.3. The van der Waals surface area contributed by atoms with Gasteiger partial charge in [0.2, 0.25) is 0 Å². The molecular weight excluding hydrogens is 251 g/mol. The van der Waals surface area contributed by atoms with Crippen molar-refractivity contribution in [2.45, 2.75) is 6.36 Å². The summed E-state index contributed by atoms with van der Waals surface area (Å²) in [6.07, 6.45) is -3.93. The molecule has 88 valence electrons. The fourth-order valence-corrected chi connectivity index (χ4v) is 1.10. The number of methoxy groups -OCH3 is 1. The molecule has 0 saturated carbocycles. The van der Waals surface area contributed by atoms with E-state index >= 15 is 0 Å². The molecule has 16 heavy (non-hydrogen) atoms. The number of esters is 1. The Morgan fingerprint density at radius 2 is 2.12 bits per heavy atom. The van der Waals surface area contributed by atoms with Gasteiger partial charge >= 0.3 is 12.3 Å². The van der Waals surface area contributed by atoms with Crippen molar-refractivity contribution in [1.82, 2.24) is 4.98 Å². The molecule has 0 saturated heterocycles. The third-order valence-electron chi connectivity index (χ3n) is 1.46. The second kappa shape index (κ2) is 4.56. The topological polar surface area (TPSA) is 48.4 Å². The highest BCUT2D eigenvalue weighted by atomic mass is 35.5. The van der Waals surface area contributed by atoms with Crippen LogP contribution in [0.5, 0.6) is 5.75 Å². The van der Waals surface area contributed by atoms with E-state index in [0.29, 0.717) is 0 Å². The fraction of sp³-hybridized carbons (Fsp3) is 0.250. The summed E-state index contributed by atoms with van der Waals surface area (Å²) in [6.45, 7) is 0. The van der Waals surface area contributed by atoms with Gasteiger partial charge in [0.05, 0.1) is 7.11 Å². The Kier molecular flexibility index (Phi) is 3.58. The van der Waals surface area contributed by atoms with E-state index in [-0.39, 0.29) is 0 Å². The number of alkyl halides is 3. The van der Waals surface area contributed by atoms with Gasteiger partial charge in [-0.15, -0.1) is 13.2 Å². The second-order valence-electron chi connectivity index (χ2n) is 2.51. The maximum atomic E-state index is 11.9. The Morgan fingerprint density at radius 1 is 1.50 bits per heavy atom. The number of nitrogens with zero attached hydrogens (tertiary/aromatic N) is 1. The maximum absolute atomic E-state index is 11.9. The summed E-state index contributed by atoms with van der Waals surface area (Å²) < 4.78 is 43.6. The molecule has 1 aromatic rings. The summed E-state index contributed by atoms with van der Waals surface area (Å²) in [4.78, 5) is 14.5. The van der Waals surface area contributed by atoms with E-state index in [4.69, 9.17) is 11.6 Å². The van der Waals surface area contributed by atoms with Gasteiger partial charge in [-0.25, -0.2) is 9.78 Å². The molecule has 0 unspecified atom stereocenters. The average molecular weight is 256 g/mol. The third kappa shape index (κ3) is 2.99. The van der Waals surface area contributed by atoms with E-state index in [9.17, 15) is 18.0 Å². The first-order chi connectivity index (χ1) is 7.35. The highest BCUT2D eigenvalue weighted by molar-refractivity contribution is 6.34. The van der Waals surface area contributed by atoms with Crippen LogP contribution in [0, 0.1) is 0 Å². The standard InChI is InChI=1S/C8H5ClF3NO3/c1-15-7(14)6-5(9)4(2-3-13-6)16-8(10,11)12/h2-3H,1H3. The van der Waals surface area contributed by atoms with Gasteiger partial charge < -0.3 is 9.47 Å². The van der Waals surface area contributed by atoms with Gasteiger partial charge in [0.1, 0.15) is 5.02 Å². The molecule has 1 heterocycles. The summed E-state index contributed by atoms with van der Waals surface area (Å²) in [5, 5.41) is -0.549. The Labute approximate surface area is 92.9 Å². The Morgan fingerprint density at radius 3 is 2.62 bits per heavy atom. The first-order valence-electron chi connectivity index (χ1n) is 3.83. The molecule has 0 fully saturated rings. The van der Waals surface area contributed by atoms with Crippen molar-refractivity contribution in [2.75, 3.05) is 7.11 Å². The van der Waals surface area contributed by atoms with Crippen LogP contribution in [0.15, 0.2) is 12.3 Å². The number of halogens is 4. The van der Waals surface area contributed by atoms with Crippen LogP contribution in [0.3, 0.4) is 0 Å². The number of hydrogen-bond donors (Lipinski definition) is 0. The fourth-order valence-electron chi connectivity index (χ4n) is 0.869. The smallest absolute Gasteiger partial charge is 0.464 e. The summed E-state index contributed by atoms with van der Waals surface area (Å²) in [5.74, 6) is -1.65. The third-order valence-corrected chi connectivity index (χ3v) is 1.82. The van der Waals surface area contributed by atoms with E-state index in [1.54, 1.807) is 0 Å². The van der Waals surface area contributed by atoms with E-state index in [1.807, 2.05) is 0 Å². The molecule has 0 spiro atoms. The largest absolute Gasteiger partial charge is 0.573 e. The number of rotatable bonds is 2. The minimum absolute atomic E-state index is 0.439. The van der Waals surface area contributed by atoms with Crippen LogP contribution in [-0.2, 0) is 4.74 Å². The number of pyridine rings is 1. The minimum atomic E-state index is -4.89. The van der Waals surface area contributed by atoms with Gasteiger partial charge in [-0.3, -0.25) is 0 Å². The average Bonchev–Trinajstić information content (AvgIpc) is 2.18. The molecule has 1 aromatic heterocycles. The molecule has 0 atom stereocenters. The van der Waals surface area contributed by atoms with E-state index < -0.39 is 28.8 Å². The van der Waals surface area contributed by atoms with Crippen LogP contribution in [0.4, 0.5) is 13.2 Å². The second-order valence-corrected chi connectivity index (χ2v) is 2.89. The van der Waals surface area contributed by atoms with Crippen LogP contribution in [0.25, 0.3) is 0 Å². The van der Waals surface area contributed by atoms with Crippen molar-refractivity contribution >= 4 is 17.6 Å².